The highest BCUT2D eigenvalue weighted by atomic mass is 16.6. The van der Waals surface area contributed by atoms with Crippen LogP contribution in [0.15, 0.2) is 122 Å². The third-order valence-electron chi connectivity index (χ3n) is 8.23. The van der Waals surface area contributed by atoms with Crippen LogP contribution >= 0.6 is 0 Å². The second-order valence-electron chi connectivity index (χ2n) is 13.7. The lowest BCUT2D eigenvalue weighted by molar-refractivity contribution is -0.162. The highest BCUT2D eigenvalue weighted by Crippen LogP contribution is 2.33. The van der Waals surface area contributed by atoms with Crippen molar-refractivity contribution in [3.05, 3.63) is 144 Å². The maximum absolute atomic E-state index is 14.1. The number of esters is 2. The maximum atomic E-state index is 14.1. The van der Waals surface area contributed by atoms with Crippen LogP contribution in [0, 0.1) is 0 Å². The zero-order chi connectivity index (χ0) is 39.8. The smallest absolute Gasteiger partial charge is 0.408 e. The number of unbranched alkanes of at least 4 members (excludes halogenated alkanes) is 2. The zero-order valence-corrected chi connectivity index (χ0v) is 31.8. The summed E-state index contributed by atoms with van der Waals surface area (Å²) >= 11 is 0. The predicted octanol–water partition coefficient (Wildman–Crippen LogP) is 7.77. The minimum atomic E-state index is -1.13. The van der Waals surface area contributed by atoms with Gasteiger partial charge < -0.3 is 24.8 Å². The number of carbonyl (C=O) groups excluding carboxylic acids is 5. The summed E-state index contributed by atoms with van der Waals surface area (Å²) in [7, 11) is 0. The average Bonchev–Trinajstić information content (AvgIpc) is 3.18. The minimum absolute atomic E-state index is 0.0267. The molecule has 0 bridgehead atoms. The summed E-state index contributed by atoms with van der Waals surface area (Å²) in [5.74, 6) is -3.28. The molecule has 4 aromatic carbocycles. The summed E-state index contributed by atoms with van der Waals surface area (Å²) in [6, 6.07) is 30.5. The van der Waals surface area contributed by atoms with Crippen molar-refractivity contribution in [2.75, 3.05) is 18.1 Å². The monoisotopic (exact) mass is 747 g/mol. The first-order valence-electron chi connectivity index (χ1n) is 18.3. The van der Waals surface area contributed by atoms with Gasteiger partial charge in [-0.1, -0.05) is 117 Å². The van der Waals surface area contributed by atoms with Gasteiger partial charge in [-0.25, -0.2) is 14.4 Å². The van der Waals surface area contributed by atoms with Crippen molar-refractivity contribution in [3.63, 3.8) is 0 Å². The van der Waals surface area contributed by atoms with Gasteiger partial charge in [-0.2, -0.15) is 0 Å². The first-order chi connectivity index (χ1) is 26.4. The Kier molecular flexibility index (Phi) is 15.3. The van der Waals surface area contributed by atoms with Gasteiger partial charge in [0.15, 0.2) is 6.10 Å². The van der Waals surface area contributed by atoms with E-state index in [4.69, 9.17) is 14.2 Å². The molecule has 3 amide bonds. The number of anilines is 2. The Hall–Kier alpha value is -6.23. The summed E-state index contributed by atoms with van der Waals surface area (Å²) < 4.78 is 16.7. The quantitative estimate of drug-likeness (QED) is 0.0390. The van der Waals surface area contributed by atoms with Gasteiger partial charge in [-0.15, -0.1) is 0 Å². The van der Waals surface area contributed by atoms with E-state index in [1.165, 1.54) is 12.1 Å². The Morgan fingerprint density at radius 3 is 1.98 bits per heavy atom. The van der Waals surface area contributed by atoms with E-state index in [2.05, 4.69) is 24.1 Å². The molecule has 1 unspecified atom stereocenters. The van der Waals surface area contributed by atoms with E-state index in [0.717, 1.165) is 35.3 Å². The zero-order valence-electron chi connectivity index (χ0n) is 31.8. The van der Waals surface area contributed by atoms with Crippen molar-refractivity contribution in [2.45, 2.75) is 71.1 Å². The van der Waals surface area contributed by atoms with Crippen LogP contribution in [0.25, 0.3) is 0 Å². The van der Waals surface area contributed by atoms with Gasteiger partial charge in [0.2, 0.25) is 5.91 Å². The van der Waals surface area contributed by atoms with Crippen molar-refractivity contribution in [1.82, 2.24) is 10.6 Å². The predicted molar refractivity (Wildman–Crippen MR) is 211 cm³/mol. The molecule has 4 rings (SSSR count). The molecule has 11 heteroatoms. The topological polar surface area (TPSA) is 140 Å². The summed E-state index contributed by atoms with van der Waals surface area (Å²) in [4.78, 5) is 68.2. The van der Waals surface area contributed by atoms with E-state index < -0.39 is 41.7 Å². The number of alkyl carbamates (subject to hydrolysis) is 1. The van der Waals surface area contributed by atoms with E-state index in [9.17, 15) is 24.0 Å². The van der Waals surface area contributed by atoms with Crippen LogP contribution in [0.2, 0.25) is 0 Å². The normalized spacial score (nSPS) is 11.5. The number of para-hydroxylation sites is 1. The molecule has 1 atom stereocenters. The highest BCUT2D eigenvalue weighted by molar-refractivity contribution is 6.40. The Morgan fingerprint density at radius 2 is 1.40 bits per heavy atom. The lowest BCUT2D eigenvalue weighted by atomic mass is 10.0. The van der Waals surface area contributed by atoms with E-state index in [1.807, 2.05) is 60.7 Å². The Balaban J connectivity index is 1.70. The first kappa shape index (κ1) is 41.5. The standard InChI is InChI=1S/C44H49N3O8/c1-6-8-17-28-45-39(48)36(46-43(52)53-29-7-2)30-31-24-26-34(27-25-31)47(40(49)42(51)55-44(3,4)5)37-23-16-15-22-35(37)41(50)54-38(32-18-11-9-12-19-32)33-20-13-10-14-21-33/h7,9-16,18-27,36,38H,2,6,8,17,28-30H2,1,3-5H3,(H,45,48)(H,46,52). The maximum Gasteiger partial charge on any atom is 0.408 e. The number of hydrogen-bond acceptors (Lipinski definition) is 8. The summed E-state index contributed by atoms with van der Waals surface area (Å²) in [6.07, 6.45) is 2.69. The third-order valence-corrected chi connectivity index (χ3v) is 8.23. The van der Waals surface area contributed by atoms with Crippen LogP contribution < -0.4 is 15.5 Å². The van der Waals surface area contributed by atoms with E-state index >= 15 is 0 Å². The molecule has 11 nitrogen and oxygen atoms in total. The molecule has 55 heavy (non-hydrogen) atoms. The Labute approximate surface area is 322 Å². The van der Waals surface area contributed by atoms with Crippen LogP contribution in [0.3, 0.4) is 0 Å². The highest BCUT2D eigenvalue weighted by Gasteiger charge is 2.33. The van der Waals surface area contributed by atoms with Crippen LogP contribution in [-0.2, 0) is 35.0 Å². The van der Waals surface area contributed by atoms with Crippen molar-refractivity contribution >= 4 is 41.2 Å². The largest absolute Gasteiger partial charge is 0.453 e. The third kappa shape index (κ3) is 12.4. The molecule has 4 aromatic rings. The Morgan fingerprint density at radius 1 is 0.800 bits per heavy atom. The molecule has 0 fully saturated rings. The lowest BCUT2D eigenvalue weighted by Gasteiger charge is -2.27. The molecule has 2 N–H and O–H groups in total. The van der Waals surface area contributed by atoms with E-state index in [0.29, 0.717) is 12.1 Å². The van der Waals surface area contributed by atoms with Crippen LogP contribution in [0.4, 0.5) is 16.2 Å². The summed E-state index contributed by atoms with van der Waals surface area (Å²) in [5.41, 5.74) is 1.50. The second-order valence-corrected chi connectivity index (χ2v) is 13.7. The number of benzene rings is 4. The number of rotatable bonds is 16. The van der Waals surface area contributed by atoms with Crippen LogP contribution in [0.1, 0.15) is 80.1 Å². The molecule has 0 saturated heterocycles. The number of ether oxygens (including phenoxy) is 3. The van der Waals surface area contributed by atoms with Gasteiger partial charge in [0.1, 0.15) is 18.2 Å². The first-order valence-corrected chi connectivity index (χ1v) is 18.3. The molecule has 0 radical (unpaired) electrons. The van der Waals surface area contributed by atoms with Crippen LogP contribution in [0.5, 0.6) is 0 Å². The second kappa shape index (κ2) is 20.3. The average molecular weight is 748 g/mol. The number of hydrogen-bond donors (Lipinski definition) is 2. The number of nitrogens with zero attached hydrogens (tertiary/aromatic N) is 1. The van der Waals surface area contributed by atoms with Crippen molar-refractivity contribution in [3.8, 4) is 0 Å². The molecule has 0 aliphatic heterocycles. The fourth-order valence-electron chi connectivity index (χ4n) is 5.63. The molecule has 0 aliphatic carbocycles. The van der Waals surface area contributed by atoms with Crippen LogP contribution in [-0.4, -0.2) is 54.6 Å². The molecule has 0 spiro atoms. The molecular formula is C44H49N3O8. The van der Waals surface area contributed by atoms with Gasteiger partial charge >= 0.3 is 23.9 Å². The van der Waals surface area contributed by atoms with Gasteiger partial charge in [-0.3, -0.25) is 14.5 Å². The van der Waals surface area contributed by atoms with E-state index in [-0.39, 0.29) is 35.9 Å². The molecule has 288 valence electrons. The number of amides is 3. The molecule has 0 heterocycles. The molecular weight excluding hydrogens is 698 g/mol. The molecule has 0 aliphatic rings. The van der Waals surface area contributed by atoms with E-state index in [1.54, 1.807) is 63.2 Å². The molecule has 0 aromatic heterocycles. The summed E-state index contributed by atoms with van der Waals surface area (Å²) in [6.45, 7) is 11.0. The minimum Gasteiger partial charge on any atom is -0.453 e. The van der Waals surface area contributed by atoms with Gasteiger partial charge in [0.25, 0.3) is 0 Å². The van der Waals surface area contributed by atoms with Gasteiger partial charge in [0.05, 0.1) is 11.3 Å². The lowest BCUT2D eigenvalue weighted by Crippen LogP contribution is -2.48. The fourth-order valence-corrected chi connectivity index (χ4v) is 5.63. The van der Waals surface area contributed by atoms with Crippen molar-refractivity contribution in [2.24, 2.45) is 0 Å². The number of nitrogens with one attached hydrogen (secondary N) is 2. The molecule has 0 saturated carbocycles. The van der Waals surface area contributed by atoms with Gasteiger partial charge in [0, 0.05) is 18.7 Å². The van der Waals surface area contributed by atoms with Gasteiger partial charge in [-0.05, 0) is 68.1 Å². The SMILES string of the molecule is C=CCOC(=O)NC(Cc1ccc(N(C(=O)C(=O)OC(C)(C)C)c2ccccc2C(=O)OC(c2ccccc2)c2ccccc2)cc1)C(=O)NCCCCC. The Bertz CT molecular complexity index is 1870. The summed E-state index contributed by atoms with van der Waals surface area (Å²) in [5, 5.41) is 5.49. The fraction of sp³-hybridized carbons (Fsp3) is 0.295. The number of carbonyl (C=O) groups is 5. The van der Waals surface area contributed by atoms with Crippen molar-refractivity contribution in [1.29, 1.82) is 0 Å². The van der Waals surface area contributed by atoms with Crippen molar-refractivity contribution < 1.29 is 38.2 Å².